The van der Waals surface area contributed by atoms with Crippen molar-refractivity contribution < 1.29 is 19.0 Å². The number of hydrogen-bond acceptors (Lipinski definition) is 4. The second-order valence-corrected chi connectivity index (χ2v) is 8.81. The molecule has 1 saturated carbocycles. The van der Waals surface area contributed by atoms with Gasteiger partial charge in [0.05, 0.1) is 12.7 Å². The van der Waals surface area contributed by atoms with Crippen LogP contribution in [0.1, 0.15) is 43.7 Å². The van der Waals surface area contributed by atoms with Gasteiger partial charge in [0.2, 0.25) is 0 Å². The minimum Gasteiger partial charge on any atom is -0.493 e. The van der Waals surface area contributed by atoms with Crippen molar-refractivity contribution in [1.82, 2.24) is 4.90 Å². The minimum absolute atomic E-state index is 0.250. The molecule has 2 aromatic carbocycles. The van der Waals surface area contributed by atoms with E-state index in [0.29, 0.717) is 29.9 Å². The maximum absolute atomic E-state index is 13.1. The fourth-order valence-electron chi connectivity index (χ4n) is 5.22. The summed E-state index contributed by atoms with van der Waals surface area (Å²) in [6, 6.07) is 12.4. The second-order valence-electron chi connectivity index (χ2n) is 8.81. The Morgan fingerprint density at radius 3 is 2.60 bits per heavy atom. The Kier molecular flexibility index (Phi) is 6.30. The highest BCUT2D eigenvalue weighted by Crippen LogP contribution is 2.44. The highest BCUT2D eigenvalue weighted by Gasteiger charge is 2.47. The number of rotatable bonds is 7. The molecule has 30 heavy (non-hydrogen) atoms. The van der Waals surface area contributed by atoms with Crippen LogP contribution in [0.25, 0.3) is 0 Å². The summed E-state index contributed by atoms with van der Waals surface area (Å²) in [7, 11) is 1.64. The molecule has 0 aromatic heterocycles. The first kappa shape index (κ1) is 21.1. The molecule has 162 valence electrons. The molecule has 2 fully saturated rings. The Morgan fingerprint density at radius 1 is 1.10 bits per heavy atom. The van der Waals surface area contributed by atoms with E-state index in [2.05, 4.69) is 17.9 Å². The van der Waals surface area contributed by atoms with Crippen LogP contribution >= 0.6 is 0 Å². The van der Waals surface area contributed by atoms with Gasteiger partial charge in [0, 0.05) is 25.6 Å². The monoisotopic (exact) mass is 413 g/mol. The normalized spacial score (nSPS) is 26.4. The second kappa shape index (κ2) is 8.94. The van der Waals surface area contributed by atoms with Crippen LogP contribution < -0.4 is 9.47 Å². The summed E-state index contributed by atoms with van der Waals surface area (Å²) in [5.41, 5.74) is 1.58. The first-order valence-corrected chi connectivity index (χ1v) is 11.0. The molecule has 1 heterocycles. The van der Waals surface area contributed by atoms with Crippen molar-refractivity contribution >= 4 is 0 Å². The van der Waals surface area contributed by atoms with Crippen LogP contribution in [0.2, 0.25) is 0 Å². The topological polar surface area (TPSA) is 41.9 Å². The zero-order valence-corrected chi connectivity index (χ0v) is 17.9. The van der Waals surface area contributed by atoms with E-state index in [1.165, 1.54) is 24.1 Å². The maximum atomic E-state index is 13.1. The molecule has 1 aliphatic carbocycles. The number of fused-ring (bicyclic) bond motifs is 1. The molecule has 4 rings (SSSR count). The maximum Gasteiger partial charge on any atom is 0.161 e. The Balaban J connectivity index is 1.43. The molecule has 0 radical (unpaired) electrons. The van der Waals surface area contributed by atoms with Gasteiger partial charge in [-0.15, -0.1) is 0 Å². The lowest BCUT2D eigenvalue weighted by atomic mass is 9.69. The summed E-state index contributed by atoms with van der Waals surface area (Å²) in [5.74, 6) is 2.11. The van der Waals surface area contributed by atoms with Crippen molar-refractivity contribution in [1.29, 1.82) is 0 Å². The summed E-state index contributed by atoms with van der Waals surface area (Å²) >= 11 is 0. The van der Waals surface area contributed by atoms with Gasteiger partial charge in [-0.05, 0) is 60.6 Å². The zero-order chi connectivity index (χ0) is 21.1. The number of nitrogens with zero attached hydrogens (tertiary/aromatic N) is 1. The molecular weight excluding hydrogens is 381 g/mol. The molecular formula is C25H32FNO3. The van der Waals surface area contributed by atoms with Crippen molar-refractivity contribution in [2.45, 2.75) is 51.4 Å². The van der Waals surface area contributed by atoms with E-state index in [4.69, 9.17) is 9.47 Å². The smallest absolute Gasteiger partial charge is 0.161 e. The van der Waals surface area contributed by atoms with Crippen molar-refractivity contribution in [2.24, 2.45) is 11.8 Å². The molecule has 4 nitrogen and oxygen atoms in total. The van der Waals surface area contributed by atoms with Crippen LogP contribution in [0.4, 0.5) is 4.39 Å². The van der Waals surface area contributed by atoms with E-state index in [0.717, 1.165) is 44.5 Å². The Labute approximate surface area is 178 Å². The molecule has 5 heteroatoms. The fourth-order valence-corrected chi connectivity index (χ4v) is 5.22. The van der Waals surface area contributed by atoms with Gasteiger partial charge in [-0.1, -0.05) is 31.5 Å². The van der Waals surface area contributed by atoms with Crippen LogP contribution in [-0.2, 0) is 13.2 Å². The Morgan fingerprint density at radius 2 is 1.87 bits per heavy atom. The van der Waals surface area contributed by atoms with E-state index in [9.17, 15) is 9.50 Å². The molecule has 0 spiro atoms. The van der Waals surface area contributed by atoms with Crippen LogP contribution in [0.15, 0.2) is 42.5 Å². The summed E-state index contributed by atoms with van der Waals surface area (Å²) in [5, 5.41) is 11.1. The van der Waals surface area contributed by atoms with E-state index in [-0.39, 0.29) is 5.82 Å². The van der Waals surface area contributed by atoms with Crippen LogP contribution in [0.3, 0.4) is 0 Å². The Bertz CT molecular complexity index is 856. The average molecular weight is 414 g/mol. The van der Waals surface area contributed by atoms with Crippen molar-refractivity contribution in [3.8, 4) is 11.5 Å². The Hall–Kier alpha value is -2.11. The molecule has 0 unspecified atom stereocenters. The van der Waals surface area contributed by atoms with Crippen molar-refractivity contribution in [2.75, 3.05) is 20.2 Å². The van der Waals surface area contributed by atoms with E-state index < -0.39 is 5.60 Å². The van der Waals surface area contributed by atoms with Crippen molar-refractivity contribution in [3.63, 3.8) is 0 Å². The molecule has 1 saturated heterocycles. The number of halogens is 1. The lowest BCUT2D eigenvalue weighted by Crippen LogP contribution is -2.44. The largest absolute Gasteiger partial charge is 0.493 e. The number of ether oxygens (including phenoxy) is 2. The van der Waals surface area contributed by atoms with Crippen LogP contribution in [-0.4, -0.2) is 35.8 Å². The fraction of sp³-hybridized carbons (Fsp3) is 0.520. The number of hydrogen-bond donors (Lipinski definition) is 1. The van der Waals surface area contributed by atoms with Gasteiger partial charge in [-0.25, -0.2) is 4.39 Å². The zero-order valence-electron chi connectivity index (χ0n) is 17.9. The van der Waals surface area contributed by atoms with Gasteiger partial charge in [-0.3, -0.25) is 4.90 Å². The third-order valence-electron chi connectivity index (χ3n) is 6.95. The van der Waals surface area contributed by atoms with Gasteiger partial charge in [0.15, 0.2) is 11.5 Å². The highest BCUT2D eigenvalue weighted by atomic mass is 19.1. The number of methoxy groups -OCH3 is 1. The SMILES string of the molecule is CC[C@@]1(O)CCC[C@@H]2CN(Cc3ccc(OC)c(OCc4ccc(F)cc4)c3)C[C@@H]21. The lowest BCUT2D eigenvalue weighted by Gasteiger charge is -2.40. The van der Waals surface area contributed by atoms with E-state index in [1.54, 1.807) is 19.2 Å². The van der Waals surface area contributed by atoms with Gasteiger partial charge in [0.1, 0.15) is 12.4 Å². The minimum atomic E-state index is -0.499. The van der Waals surface area contributed by atoms with E-state index >= 15 is 0 Å². The first-order valence-electron chi connectivity index (χ1n) is 11.0. The molecule has 2 aromatic rings. The predicted molar refractivity (Wildman–Crippen MR) is 115 cm³/mol. The highest BCUT2D eigenvalue weighted by molar-refractivity contribution is 5.43. The molecule has 3 atom stereocenters. The average Bonchev–Trinajstić information content (AvgIpc) is 3.17. The van der Waals surface area contributed by atoms with Gasteiger partial charge >= 0.3 is 0 Å². The predicted octanol–water partition coefficient (Wildman–Crippen LogP) is 4.79. The molecule has 1 aliphatic heterocycles. The molecule has 1 N–H and O–H groups in total. The lowest BCUT2D eigenvalue weighted by molar-refractivity contribution is -0.0613. The van der Waals surface area contributed by atoms with Crippen LogP contribution in [0, 0.1) is 17.7 Å². The molecule has 0 bridgehead atoms. The van der Waals surface area contributed by atoms with Gasteiger partial charge in [-0.2, -0.15) is 0 Å². The summed E-state index contributed by atoms with van der Waals surface area (Å²) in [6.07, 6.45) is 4.12. The summed E-state index contributed by atoms with van der Waals surface area (Å²) in [6.45, 7) is 5.30. The standard InChI is InChI=1S/C25H32FNO3/c1-3-25(28)12-4-5-20-15-27(16-22(20)25)14-19-8-11-23(29-2)24(13-19)30-17-18-6-9-21(26)10-7-18/h6-11,13,20,22,28H,3-5,12,14-17H2,1-2H3/t20-,22+,25-/m1/s1. The summed E-state index contributed by atoms with van der Waals surface area (Å²) < 4.78 is 24.6. The van der Waals surface area contributed by atoms with Crippen LogP contribution in [0.5, 0.6) is 11.5 Å². The quantitative estimate of drug-likeness (QED) is 0.709. The number of aliphatic hydroxyl groups is 1. The third kappa shape index (κ3) is 4.47. The molecule has 0 amide bonds. The summed E-state index contributed by atoms with van der Waals surface area (Å²) in [4.78, 5) is 2.47. The van der Waals surface area contributed by atoms with Gasteiger partial charge in [0.25, 0.3) is 0 Å². The van der Waals surface area contributed by atoms with Crippen molar-refractivity contribution in [3.05, 3.63) is 59.4 Å². The third-order valence-corrected chi connectivity index (χ3v) is 6.95. The first-order chi connectivity index (χ1) is 14.5. The number of likely N-dealkylation sites (tertiary alicyclic amines) is 1. The molecule has 2 aliphatic rings. The number of benzene rings is 2. The van der Waals surface area contributed by atoms with Gasteiger partial charge < -0.3 is 14.6 Å². The van der Waals surface area contributed by atoms with E-state index in [1.807, 2.05) is 12.1 Å².